The van der Waals surface area contributed by atoms with Crippen LogP contribution in [0, 0.1) is 5.82 Å². The molecule has 1 aromatic carbocycles. The Morgan fingerprint density at radius 3 is 2.35 bits per heavy atom. The lowest BCUT2D eigenvalue weighted by molar-refractivity contribution is -0.133. The van der Waals surface area contributed by atoms with Crippen LogP contribution in [0.5, 0.6) is 0 Å². The van der Waals surface area contributed by atoms with Crippen LogP contribution < -0.4 is 5.56 Å². The van der Waals surface area contributed by atoms with Crippen LogP contribution >= 0.6 is 11.8 Å². The molecule has 0 saturated carbocycles. The molecule has 13 heteroatoms. The zero-order chi connectivity index (χ0) is 30.8. The lowest BCUT2D eigenvalue weighted by Crippen LogP contribution is -2.51. The van der Waals surface area contributed by atoms with Gasteiger partial charge in [0.2, 0.25) is 15.9 Å². The fraction of sp³-hybridized carbons (Fsp3) is 0.533. The summed E-state index contributed by atoms with van der Waals surface area (Å²) in [6.07, 6.45) is 11.6. The average molecular weight is 633 g/mol. The summed E-state index contributed by atoms with van der Waals surface area (Å²) < 4.78 is 43.9. The number of hydrogen-bond donors (Lipinski definition) is 0. The van der Waals surface area contributed by atoms with Crippen molar-refractivity contribution in [1.82, 2.24) is 28.5 Å². The van der Waals surface area contributed by atoms with E-state index in [-0.39, 0.29) is 42.7 Å². The maximum absolute atomic E-state index is 13.4. The Morgan fingerprint density at radius 2 is 1.67 bits per heavy atom. The Morgan fingerprint density at radius 1 is 0.977 bits per heavy atom. The van der Waals surface area contributed by atoms with E-state index in [1.54, 1.807) is 45.7 Å². The van der Waals surface area contributed by atoms with Crippen LogP contribution in [-0.2, 0) is 40.6 Å². The Kier molecular flexibility index (Phi) is 11.9. The molecular formula is C30H41FN6O4S2. The van der Waals surface area contributed by atoms with E-state index in [1.807, 2.05) is 6.20 Å². The van der Waals surface area contributed by atoms with Crippen molar-refractivity contribution in [1.29, 1.82) is 0 Å². The molecule has 10 nitrogen and oxygen atoms in total. The van der Waals surface area contributed by atoms with Gasteiger partial charge in [0.1, 0.15) is 12.4 Å². The molecule has 0 unspecified atom stereocenters. The summed E-state index contributed by atoms with van der Waals surface area (Å²) >= 11 is 1.30. The normalized spacial score (nSPS) is 14.3. The Bertz CT molecular complexity index is 1520. The van der Waals surface area contributed by atoms with Gasteiger partial charge in [-0.15, -0.1) is 0 Å². The third-order valence-corrected chi connectivity index (χ3v) is 10.5. The molecule has 0 atom stereocenters. The van der Waals surface area contributed by atoms with Crippen molar-refractivity contribution >= 4 is 27.7 Å². The van der Waals surface area contributed by atoms with Crippen molar-refractivity contribution in [3.8, 4) is 0 Å². The van der Waals surface area contributed by atoms with E-state index >= 15 is 0 Å². The largest absolute Gasteiger partial charge is 0.339 e. The van der Waals surface area contributed by atoms with E-state index in [0.29, 0.717) is 42.4 Å². The molecule has 2 aromatic heterocycles. The van der Waals surface area contributed by atoms with Gasteiger partial charge in [0.25, 0.3) is 5.56 Å². The van der Waals surface area contributed by atoms with Crippen molar-refractivity contribution in [3.05, 3.63) is 75.7 Å². The first-order chi connectivity index (χ1) is 20.6. The van der Waals surface area contributed by atoms with E-state index in [4.69, 9.17) is 0 Å². The van der Waals surface area contributed by atoms with Gasteiger partial charge in [0.05, 0.1) is 11.9 Å². The molecule has 234 valence electrons. The van der Waals surface area contributed by atoms with Crippen LogP contribution in [0.2, 0.25) is 0 Å². The maximum atomic E-state index is 13.4. The van der Waals surface area contributed by atoms with Crippen molar-refractivity contribution in [2.24, 2.45) is 7.05 Å². The van der Waals surface area contributed by atoms with Gasteiger partial charge >= 0.3 is 0 Å². The SMILES string of the molecule is CCCCCCCCS(=O)(=O)N1CCN(C(=O)Cn2cc(Cc3cnn(C)c3)c(=O)nc2SCc2ccc(F)cc2)CC1. The molecular weight excluding hydrogens is 592 g/mol. The predicted octanol–water partition coefficient (Wildman–Crippen LogP) is 3.83. The first-order valence-corrected chi connectivity index (χ1v) is 17.4. The molecule has 0 radical (unpaired) electrons. The number of hydrogen-bond acceptors (Lipinski definition) is 7. The molecule has 1 fully saturated rings. The van der Waals surface area contributed by atoms with E-state index in [0.717, 1.165) is 36.8 Å². The Balaban J connectivity index is 1.41. The highest BCUT2D eigenvalue weighted by atomic mass is 32.2. The predicted molar refractivity (Wildman–Crippen MR) is 166 cm³/mol. The van der Waals surface area contributed by atoms with Gasteiger partial charge in [-0.25, -0.2) is 12.8 Å². The molecule has 3 heterocycles. The topological polar surface area (TPSA) is 110 Å². The Labute approximate surface area is 257 Å². The van der Waals surface area contributed by atoms with E-state index < -0.39 is 10.0 Å². The van der Waals surface area contributed by atoms with Crippen LogP contribution in [0.25, 0.3) is 0 Å². The highest BCUT2D eigenvalue weighted by molar-refractivity contribution is 7.98. The van der Waals surface area contributed by atoms with Gasteiger partial charge in [-0.1, -0.05) is 62.9 Å². The van der Waals surface area contributed by atoms with Crippen molar-refractivity contribution in [2.45, 2.75) is 69.3 Å². The van der Waals surface area contributed by atoms with Crippen LogP contribution in [0.1, 0.15) is 62.1 Å². The number of carbonyl (C=O) groups is 1. The maximum Gasteiger partial charge on any atom is 0.277 e. The third kappa shape index (κ3) is 9.73. The summed E-state index contributed by atoms with van der Waals surface area (Å²) in [5, 5.41) is 4.55. The zero-order valence-electron chi connectivity index (χ0n) is 25.0. The van der Waals surface area contributed by atoms with Crippen LogP contribution in [0.15, 0.2) is 52.8 Å². The second kappa shape index (κ2) is 15.6. The zero-order valence-corrected chi connectivity index (χ0v) is 26.6. The van der Waals surface area contributed by atoms with Crippen LogP contribution in [0.4, 0.5) is 4.39 Å². The minimum absolute atomic E-state index is 0.0381. The molecule has 1 amide bonds. The van der Waals surface area contributed by atoms with Gasteiger partial charge in [-0.05, 0) is 29.7 Å². The number of halogens is 1. The summed E-state index contributed by atoms with van der Waals surface area (Å²) in [4.78, 5) is 32.3. The van der Waals surface area contributed by atoms with E-state index in [9.17, 15) is 22.4 Å². The molecule has 43 heavy (non-hydrogen) atoms. The first kappa shape index (κ1) is 32.9. The molecule has 1 saturated heterocycles. The number of sulfonamides is 1. The second-order valence-electron chi connectivity index (χ2n) is 11.0. The van der Waals surface area contributed by atoms with Gasteiger partial charge in [0, 0.05) is 63.4 Å². The molecule has 1 aliphatic rings. The highest BCUT2D eigenvalue weighted by Crippen LogP contribution is 2.22. The molecule has 0 aliphatic carbocycles. The number of nitrogens with zero attached hydrogens (tertiary/aromatic N) is 6. The molecule has 4 rings (SSSR count). The Hall–Kier alpha value is -3.03. The fourth-order valence-corrected chi connectivity index (χ4v) is 7.50. The molecule has 3 aromatic rings. The number of piperazine rings is 1. The minimum atomic E-state index is -3.35. The number of aromatic nitrogens is 4. The first-order valence-electron chi connectivity index (χ1n) is 14.9. The van der Waals surface area contributed by atoms with E-state index in [1.165, 1.54) is 34.6 Å². The summed E-state index contributed by atoms with van der Waals surface area (Å²) in [5.41, 5.74) is 1.77. The van der Waals surface area contributed by atoms with E-state index in [2.05, 4.69) is 17.0 Å². The fourth-order valence-electron chi connectivity index (χ4n) is 5.04. The van der Waals surface area contributed by atoms with Crippen molar-refractivity contribution in [2.75, 3.05) is 31.9 Å². The number of rotatable bonds is 15. The summed E-state index contributed by atoms with van der Waals surface area (Å²) in [5.74, 6) is 0.0847. The number of benzene rings is 1. The smallest absolute Gasteiger partial charge is 0.277 e. The summed E-state index contributed by atoms with van der Waals surface area (Å²) in [6.45, 7) is 3.27. The monoisotopic (exact) mass is 632 g/mol. The number of unbranched alkanes of at least 4 members (excludes halogenated alkanes) is 5. The van der Waals surface area contributed by atoms with Crippen molar-refractivity contribution < 1.29 is 17.6 Å². The van der Waals surface area contributed by atoms with Crippen LogP contribution in [0.3, 0.4) is 0 Å². The van der Waals surface area contributed by atoms with Gasteiger partial charge in [-0.2, -0.15) is 14.4 Å². The molecule has 1 aliphatic heterocycles. The number of thioether (sulfide) groups is 1. The highest BCUT2D eigenvalue weighted by Gasteiger charge is 2.29. The second-order valence-corrected chi connectivity index (χ2v) is 14.0. The van der Waals surface area contributed by atoms with Gasteiger partial charge in [0.15, 0.2) is 5.16 Å². The van der Waals surface area contributed by atoms with Gasteiger partial charge in [-0.3, -0.25) is 14.3 Å². The average Bonchev–Trinajstić information content (AvgIpc) is 3.40. The summed E-state index contributed by atoms with van der Waals surface area (Å²) in [6, 6.07) is 6.11. The standard InChI is InChI=1S/C30H41FN6O4S2/c1-3-4-5-6-7-8-17-43(40,41)37-15-13-35(14-16-37)28(38)22-36-21-26(18-25-19-32-34(2)20-25)29(39)33-30(36)42-23-24-9-11-27(31)12-10-24/h9-12,19-21H,3-8,13-18,22-23H2,1-2H3. The lowest BCUT2D eigenvalue weighted by Gasteiger charge is -2.34. The molecule has 0 bridgehead atoms. The molecule has 0 N–H and O–H groups in total. The minimum Gasteiger partial charge on any atom is -0.339 e. The third-order valence-electron chi connectivity index (χ3n) is 7.51. The van der Waals surface area contributed by atoms with Crippen molar-refractivity contribution in [3.63, 3.8) is 0 Å². The number of aryl methyl sites for hydroxylation is 1. The lowest BCUT2D eigenvalue weighted by atomic mass is 10.1. The van der Waals surface area contributed by atoms with Gasteiger partial charge < -0.3 is 9.47 Å². The quantitative estimate of drug-likeness (QED) is 0.142. The number of carbonyl (C=O) groups excluding carboxylic acids is 1. The summed E-state index contributed by atoms with van der Waals surface area (Å²) in [7, 11) is -1.55. The van der Waals surface area contributed by atoms with Crippen LogP contribution in [-0.4, -0.2) is 74.8 Å². The number of amides is 1. The molecule has 0 spiro atoms.